The van der Waals surface area contributed by atoms with E-state index in [1.165, 1.54) is 5.56 Å². The Morgan fingerprint density at radius 3 is 2.54 bits per heavy atom. The fraction of sp³-hybridized carbons (Fsp3) is 0.158. The Labute approximate surface area is 139 Å². The van der Waals surface area contributed by atoms with Crippen LogP contribution in [0.2, 0.25) is 0 Å². The molecule has 1 N–H and O–H groups in total. The van der Waals surface area contributed by atoms with Gasteiger partial charge in [0.1, 0.15) is 0 Å². The molecule has 0 unspecified atom stereocenters. The van der Waals surface area contributed by atoms with Crippen LogP contribution >= 0.6 is 0 Å². The maximum absolute atomic E-state index is 12.1. The van der Waals surface area contributed by atoms with Crippen LogP contribution < -0.4 is 5.69 Å². The molecule has 2 aromatic heterocycles. The van der Waals surface area contributed by atoms with Crippen LogP contribution in [0.1, 0.15) is 5.56 Å². The van der Waals surface area contributed by atoms with E-state index in [1.54, 1.807) is 23.2 Å². The van der Waals surface area contributed by atoms with E-state index in [1.807, 2.05) is 30.5 Å². The first-order valence-corrected chi connectivity index (χ1v) is 7.83. The fourth-order valence-corrected chi connectivity index (χ4v) is 3.20. The highest BCUT2D eigenvalue weighted by Crippen LogP contribution is 2.32. The van der Waals surface area contributed by atoms with Gasteiger partial charge in [-0.25, -0.2) is 4.79 Å². The van der Waals surface area contributed by atoms with Gasteiger partial charge in [0, 0.05) is 31.4 Å². The molecule has 0 saturated heterocycles. The van der Waals surface area contributed by atoms with Gasteiger partial charge in [0.05, 0.1) is 16.7 Å². The first-order valence-electron chi connectivity index (χ1n) is 7.83. The standard InChI is InChI=1S/C19H18N4O/c1-12-5-4-6-14(9-12)18-15(11-20-21-18)13-7-8-16-17(10-13)23(3)19(24)22(16)2/h4-11H,1-3H3,(H,20,21). The summed E-state index contributed by atoms with van der Waals surface area (Å²) < 4.78 is 3.33. The van der Waals surface area contributed by atoms with Crippen molar-refractivity contribution >= 4 is 11.0 Å². The molecule has 5 nitrogen and oxygen atoms in total. The number of fused-ring (bicyclic) bond motifs is 1. The SMILES string of the molecule is Cc1cccc(-c2n[nH]cc2-c2ccc3c(c2)n(C)c(=O)n3C)c1. The third-order valence-corrected chi connectivity index (χ3v) is 4.51. The Balaban J connectivity index is 1.92. The van der Waals surface area contributed by atoms with Crippen molar-refractivity contribution in [2.75, 3.05) is 0 Å². The van der Waals surface area contributed by atoms with E-state index >= 15 is 0 Å². The molecule has 0 atom stereocenters. The van der Waals surface area contributed by atoms with Crippen LogP contribution in [-0.4, -0.2) is 19.3 Å². The van der Waals surface area contributed by atoms with Crippen LogP contribution in [0, 0.1) is 6.92 Å². The molecule has 4 aromatic rings. The van der Waals surface area contributed by atoms with E-state index < -0.39 is 0 Å². The summed E-state index contributed by atoms with van der Waals surface area (Å²) in [6.45, 7) is 2.07. The Kier molecular flexibility index (Phi) is 3.16. The summed E-state index contributed by atoms with van der Waals surface area (Å²) in [6.07, 6.45) is 1.90. The number of nitrogens with one attached hydrogen (secondary N) is 1. The molecule has 2 aromatic carbocycles. The average Bonchev–Trinajstić information content (AvgIpc) is 3.15. The Bertz CT molecular complexity index is 1110. The zero-order valence-corrected chi connectivity index (χ0v) is 13.9. The van der Waals surface area contributed by atoms with Crippen molar-refractivity contribution in [2.45, 2.75) is 6.92 Å². The van der Waals surface area contributed by atoms with Crippen LogP contribution in [0.5, 0.6) is 0 Å². The van der Waals surface area contributed by atoms with Gasteiger partial charge in [-0.1, -0.05) is 29.8 Å². The Morgan fingerprint density at radius 1 is 0.958 bits per heavy atom. The Hall–Kier alpha value is -3.08. The van der Waals surface area contributed by atoms with Gasteiger partial charge in [-0.15, -0.1) is 0 Å². The van der Waals surface area contributed by atoms with Gasteiger partial charge < -0.3 is 0 Å². The molecule has 0 bridgehead atoms. The topological polar surface area (TPSA) is 55.6 Å². The summed E-state index contributed by atoms with van der Waals surface area (Å²) in [7, 11) is 3.59. The zero-order valence-electron chi connectivity index (χ0n) is 13.9. The van der Waals surface area contributed by atoms with Crippen LogP contribution in [0.3, 0.4) is 0 Å². The van der Waals surface area contributed by atoms with Crippen LogP contribution in [-0.2, 0) is 14.1 Å². The number of hydrogen-bond donors (Lipinski definition) is 1. The normalized spacial score (nSPS) is 11.3. The molecule has 5 heteroatoms. The van der Waals surface area contributed by atoms with Crippen molar-refractivity contribution in [3.05, 3.63) is 64.7 Å². The van der Waals surface area contributed by atoms with E-state index in [0.29, 0.717) is 0 Å². The lowest BCUT2D eigenvalue weighted by molar-refractivity contribution is 0.795. The number of hydrogen-bond acceptors (Lipinski definition) is 2. The van der Waals surface area contributed by atoms with Gasteiger partial charge >= 0.3 is 5.69 Å². The van der Waals surface area contributed by atoms with Crippen molar-refractivity contribution in [2.24, 2.45) is 14.1 Å². The number of H-pyrrole nitrogens is 1. The predicted molar refractivity (Wildman–Crippen MR) is 95.9 cm³/mol. The molecule has 0 saturated carbocycles. The number of aromatic amines is 1. The molecule has 0 aliphatic carbocycles. The number of nitrogens with zero attached hydrogens (tertiary/aromatic N) is 3. The van der Waals surface area contributed by atoms with Crippen LogP contribution in [0.4, 0.5) is 0 Å². The highest BCUT2D eigenvalue weighted by Gasteiger charge is 2.14. The van der Waals surface area contributed by atoms with Crippen molar-refractivity contribution in [3.8, 4) is 22.4 Å². The quantitative estimate of drug-likeness (QED) is 0.617. The number of benzene rings is 2. The molecule has 0 radical (unpaired) electrons. The van der Waals surface area contributed by atoms with E-state index in [2.05, 4.69) is 35.3 Å². The number of rotatable bonds is 2. The summed E-state index contributed by atoms with van der Waals surface area (Å²) in [5.41, 5.74) is 7.07. The van der Waals surface area contributed by atoms with Gasteiger partial charge in [0.25, 0.3) is 0 Å². The van der Waals surface area contributed by atoms with Crippen LogP contribution in [0.15, 0.2) is 53.5 Å². The fourth-order valence-electron chi connectivity index (χ4n) is 3.20. The molecule has 4 rings (SSSR count). The van der Waals surface area contributed by atoms with Crippen LogP contribution in [0.25, 0.3) is 33.4 Å². The summed E-state index contributed by atoms with van der Waals surface area (Å²) in [6, 6.07) is 14.3. The Morgan fingerprint density at radius 2 is 1.75 bits per heavy atom. The van der Waals surface area contributed by atoms with Gasteiger partial charge in [0.2, 0.25) is 0 Å². The largest absolute Gasteiger partial charge is 0.328 e. The minimum absolute atomic E-state index is 0.0201. The number of imidazole rings is 1. The van der Waals surface area contributed by atoms with E-state index in [-0.39, 0.29) is 5.69 Å². The molecule has 24 heavy (non-hydrogen) atoms. The molecule has 0 aliphatic rings. The van der Waals surface area contributed by atoms with Crippen molar-refractivity contribution < 1.29 is 0 Å². The smallest absolute Gasteiger partial charge is 0.295 e. The van der Waals surface area contributed by atoms with Crippen molar-refractivity contribution in [3.63, 3.8) is 0 Å². The first-order chi connectivity index (χ1) is 11.6. The molecular formula is C19H18N4O. The number of aryl methyl sites for hydroxylation is 3. The monoisotopic (exact) mass is 318 g/mol. The summed E-state index contributed by atoms with van der Waals surface area (Å²) in [5.74, 6) is 0. The van der Waals surface area contributed by atoms with E-state index in [4.69, 9.17) is 0 Å². The van der Waals surface area contributed by atoms with Crippen molar-refractivity contribution in [1.29, 1.82) is 0 Å². The van der Waals surface area contributed by atoms with Gasteiger partial charge in [-0.2, -0.15) is 5.10 Å². The lowest BCUT2D eigenvalue weighted by Gasteiger charge is -2.05. The molecular weight excluding hydrogens is 300 g/mol. The average molecular weight is 318 g/mol. The third-order valence-electron chi connectivity index (χ3n) is 4.51. The molecule has 2 heterocycles. The first kappa shape index (κ1) is 14.5. The molecule has 0 spiro atoms. The predicted octanol–water partition coefficient (Wildman–Crippen LogP) is 3.24. The van der Waals surface area contributed by atoms with Gasteiger partial charge in [-0.05, 0) is 30.7 Å². The second-order valence-corrected chi connectivity index (χ2v) is 6.12. The van der Waals surface area contributed by atoms with Crippen molar-refractivity contribution in [1.82, 2.24) is 19.3 Å². The molecule has 0 fully saturated rings. The maximum atomic E-state index is 12.1. The minimum atomic E-state index is -0.0201. The number of aromatic nitrogens is 4. The minimum Gasteiger partial charge on any atom is -0.295 e. The van der Waals surface area contributed by atoms with Gasteiger partial charge in [0.15, 0.2) is 0 Å². The van der Waals surface area contributed by atoms with E-state index in [0.717, 1.165) is 33.4 Å². The van der Waals surface area contributed by atoms with E-state index in [9.17, 15) is 4.79 Å². The second-order valence-electron chi connectivity index (χ2n) is 6.12. The highest BCUT2D eigenvalue weighted by molar-refractivity contribution is 5.87. The summed E-state index contributed by atoms with van der Waals surface area (Å²) in [5, 5.41) is 7.40. The lowest BCUT2D eigenvalue weighted by atomic mass is 10.0. The zero-order chi connectivity index (χ0) is 16.8. The summed E-state index contributed by atoms with van der Waals surface area (Å²) >= 11 is 0. The molecule has 0 amide bonds. The molecule has 0 aliphatic heterocycles. The molecule has 120 valence electrons. The van der Waals surface area contributed by atoms with Gasteiger partial charge in [-0.3, -0.25) is 14.2 Å². The second kappa shape index (κ2) is 5.23. The lowest BCUT2D eigenvalue weighted by Crippen LogP contribution is -2.19. The maximum Gasteiger partial charge on any atom is 0.328 e. The highest BCUT2D eigenvalue weighted by atomic mass is 16.1. The third kappa shape index (κ3) is 2.09. The summed E-state index contributed by atoms with van der Waals surface area (Å²) in [4.78, 5) is 12.1.